The molecule has 0 amide bonds. The van der Waals surface area contributed by atoms with Crippen LogP contribution in [-0.4, -0.2) is 17.9 Å². The monoisotopic (exact) mass is 330 g/mol. The summed E-state index contributed by atoms with van der Waals surface area (Å²) >= 11 is 0. The normalized spacial score (nSPS) is 14.1. The highest BCUT2D eigenvalue weighted by atomic mass is 19.1. The van der Waals surface area contributed by atoms with Crippen molar-refractivity contribution in [1.29, 1.82) is 0 Å². The molecule has 2 aromatic rings. The van der Waals surface area contributed by atoms with Crippen LogP contribution >= 0.6 is 0 Å². The lowest BCUT2D eigenvalue weighted by molar-refractivity contribution is 0.0314. The molecule has 0 fully saturated rings. The number of carbonyl (C=O) groups is 2. The van der Waals surface area contributed by atoms with Crippen LogP contribution in [0.3, 0.4) is 0 Å². The molecule has 0 aromatic heterocycles. The molecule has 0 saturated carbocycles. The Bertz CT molecular complexity index is 814. The fourth-order valence-electron chi connectivity index (χ4n) is 2.89. The molecule has 0 heterocycles. The second-order valence-electron chi connectivity index (χ2n) is 5.87. The maximum absolute atomic E-state index is 13.6. The summed E-state index contributed by atoms with van der Waals surface area (Å²) in [5.41, 5.74) is 2.45. The van der Waals surface area contributed by atoms with E-state index >= 15 is 0 Å². The van der Waals surface area contributed by atoms with E-state index in [4.69, 9.17) is 4.74 Å². The molecule has 0 N–H and O–H groups in total. The van der Waals surface area contributed by atoms with Gasteiger partial charge in [-0.15, -0.1) is 0 Å². The Labute approximate surface area is 138 Å². The second-order valence-corrected chi connectivity index (χ2v) is 5.87. The van der Waals surface area contributed by atoms with Gasteiger partial charge in [0.25, 0.3) is 0 Å². The van der Waals surface area contributed by atoms with Gasteiger partial charge in [0.05, 0.1) is 5.56 Å². The predicted octanol–water partition coefficient (Wildman–Crippen LogP) is 3.88. The topological polar surface area (TPSA) is 43.4 Å². The number of ether oxygens (including phenoxy) is 1. The molecule has 1 aliphatic rings. The Hall–Kier alpha value is -2.56. The number of ketones is 1. The average Bonchev–Trinajstić information content (AvgIpc) is 3.01. The van der Waals surface area contributed by atoms with E-state index in [1.54, 1.807) is 6.07 Å². The van der Waals surface area contributed by atoms with Crippen LogP contribution in [0.5, 0.6) is 0 Å². The van der Waals surface area contributed by atoms with Crippen molar-refractivity contribution in [3.05, 3.63) is 70.3 Å². The van der Waals surface area contributed by atoms with Gasteiger partial charge in [-0.05, 0) is 55.5 Å². The fourth-order valence-corrected chi connectivity index (χ4v) is 2.89. The van der Waals surface area contributed by atoms with Crippen molar-refractivity contribution < 1.29 is 23.1 Å². The SMILES string of the molecule is C[C@@H](OC(=O)c1ccc(F)cc1F)C(=O)c1ccc2c(c1)CCC2. The molecule has 2 aromatic carbocycles. The molecular formula is C19H16F2O3. The molecule has 3 nitrogen and oxygen atoms in total. The van der Waals surface area contributed by atoms with E-state index in [-0.39, 0.29) is 5.78 Å². The molecule has 0 radical (unpaired) electrons. The van der Waals surface area contributed by atoms with E-state index in [9.17, 15) is 18.4 Å². The molecular weight excluding hydrogens is 314 g/mol. The molecule has 1 atom stereocenters. The summed E-state index contributed by atoms with van der Waals surface area (Å²) in [6.07, 6.45) is 1.96. The van der Waals surface area contributed by atoms with Gasteiger partial charge in [-0.25, -0.2) is 13.6 Å². The zero-order chi connectivity index (χ0) is 17.3. The Balaban J connectivity index is 1.73. The van der Waals surface area contributed by atoms with Crippen LogP contribution in [-0.2, 0) is 17.6 Å². The molecule has 3 rings (SSSR count). The average molecular weight is 330 g/mol. The van der Waals surface area contributed by atoms with Gasteiger partial charge in [-0.2, -0.15) is 0 Å². The summed E-state index contributed by atoms with van der Waals surface area (Å²) in [5.74, 6) is -3.14. The van der Waals surface area contributed by atoms with Crippen molar-refractivity contribution >= 4 is 11.8 Å². The van der Waals surface area contributed by atoms with Crippen molar-refractivity contribution in [2.75, 3.05) is 0 Å². The second kappa shape index (κ2) is 6.51. The number of rotatable bonds is 4. The van der Waals surface area contributed by atoms with Gasteiger partial charge in [0.15, 0.2) is 6.10 Å². The Morgan fingerprint density at radius 3 is 2.54 bits per heavy atom. The predicted molar refractivity (Wildman–Crippen MR) is 84.0 cm³/mol. The standard InChI is InChI=1S/C19H16F2O3/c1-11(24-19(23)16-8-7-15(20)10-17(16)21)18(22)14-6-5-12-3-2-4-13(12)9-14/h5-11H,2-4H2,1H3/t11-/m1/s1. The number of fused-ring (bicyclic) bond motifs is 1. The molecule has 5 heteroatoms. The van der Waals surface area contributed by atoms with E-state index in [2.05, 4.69) is 0 Å². The fraction of sp³-hybridized carbons (Fsp3) is 0.263. The quantitative estimate of drug-likeness (QED) is 0.631. The third-order valence-electron chi connectivity index (χ3n) is 4.19. The lowest BCUT2D eigenvalue weighted by Crippen LogP contribution is -2.25. The Morgan fingerprint density at radius 1 is 1.04 bits per heavy atom. The first-order chi connectivity index (χ1) is 11.5. The number of halogens is 2. The van der Waals surface area contributed by atoms with Crippen LogP contribution in [0.4, 0.5) is 8.78 Å². The molecule has 0 aliphatic heterocycles. The largest absolute Gasteiger partial charge is 0.451 e. The molecule has 0 unspecified atom stereocenters. The van der Waals surface area contributed by atoms with Gasteiger partial charge in [0.1, 0.15) is 11.6 Å². The van der Waals surface area contributed by atoms with E-state index in [0.717, 1.165) is 37.0 Å². The highest BCUT2D eigenvalue weighted by Crippen LogP contribution is 2.24. The number of hydrogen-bond donors (Lipinski definition) is 0. The van der Waals surface area contributed by atoms with Gasteiger partial charge >= 0.3 is 5.97 Å². The van der Waals surface area contributed by atoms with Gasteiger partial charge < -0.3 is 4.74 Å². The third kappa shape index (κ3) is 3.20. The minimum absolute atomic E-state index is 0.347. The molecule has 0 bridgehead atoms. The summed E-state index contributed by atoms with van der Waals surface area (Å²) in [5, 5.41) is 0. The molecule has 124 valence electrons. The highest BCUT2D eigenvalue weighted by Gasteiger charge is 2.23. The first kappa shape index (κ1) is 16.3. The number of benzene rings is 2. The Morgan fingerprint density at radius 2 is 1.79 bits per heavy atom. The van der Waals surface area contributed by atoms with Crippen LogP contribution in [0.15, 0.2) is 36.4 Å². The third-order valence-corrected chi connectivity index (χ3v) is 4.19. The first-order valence-corrected chi connectivity index (χ1v) is 7.78. The summed E-state index contributed by atoms with van der Waals surface area (Å²) < 4.78 is 31.5. The zero-order valence-electron chi connectivity index (χ0n) is 13.1. The van der Waals surface area contributed by atoms with Crippen LogP contribution < -0.4 is 0 Å². The number of esters is 1. The van der Waals surface area contributed by atoms with Gasteiger partial charge in [-0.3, -0.25) is 4.79 Å². The van der Waals surface area contributed by atoms with Gasteiger partial charge in [0, 0.05) is 11.6 Å². The Kier molecular flexibility index (Phi) is 4.42. The van der Waals surface area contributed by atoms with E-state index < -0.39 is 29.3 Å². The van der Waals surface area contributed by atoms with Crippen molar-refractivity contribution in [2.45, 2.75) is 32.3 Å². The van der Waals surface area contributed by atoms with Crippen LogP contribution in [0.1, 0.15) is 45.2 Å². The highest BCUT2D eigenvalue weighted by molar-refractivity contribution is 6.01. The minimum atomic E-state index is -1.05. The molecule has 24 heavy (non-hydrogen) atoms. The number of Topliss-reactive ketones (excluding diaryl/α,β-unsaturated/α-hetero) is 1. The summed E-state index contributed by atoms with van der Waals surface area (Å²) in [7, 11) is 0. The minimum Gasteiger partial charge on any atom is -0.451 e. The van der Waals surface area contributed by atoms with Gasteiger partial charge in [-0.1, -0.05) is 12.1 Å². The van der Waals surface area contributed by atoms with Crippen LogP contribution in [0, 0.1) is 11.6 Å². The summed E-state index contributed by atoms with van der Waals surface area (Å²) in [6.45, 7) is 1.44. The summed E-state index contributed by atoms with van der Waals surface area (Å²) in [4.78, 5) is 24.4. The lowest BCUT2D eigenvalue weighted by atomic mass is 10.0. The molecule has 0 saturated heterocycles. The maximum atomic E-state index is 13.6. The van der Waals surface area contributed by atoms with Crippen molar-refractivity contribution in [3.63, 3.8) is 0 Å². The molecule has 1 aliphatic carbocycles. The first-order valence-electron chi connectivity index (χ1n) is 7.78. The zero-order valence-corrected chi connectivity index (χ0v) is 13.1. The van der Waals surface area contributed by atoms with E-state index in [0.29, 0.717) is 11.6 Å². The molecule has 0 spiro atoms. The lowest BCUT2D eigenvalue weighted by Gasteiger charge is -2.13. The van der Waals surface area contributed by atoms with Gasteiger partial charge in [0.2, 0.25) is 5.78 Å². The number of carbonyl (C=O) groups excluding carboxylic acids is 2. The van der Waals surface area contributed by atoms with Crippen molar-refractivity contribution in [1.82, 2.24) is 0 Å². The van der Waals surface area contributed by atoms with Crippen LogP contribution in [0.2, 0.25) is 0 Å². The maximum Gasteiger partial charge on any atom is 0.341 e. The summed E-state index contributed by atoms with van der Waals surface area (Å²) in [6, 6.07) is 8.03. The number of aryl methyl sites for hydroxylation is 2. The number of hydrogen-bond acceptors (Lipinski definition) is 3. The van der Waals surface area contributed by atoms with Crippen LogP contribution in [0.25, 0.3) is 0 Å². The van der Waals surface area contributed by atoms with E-state index in [1.807, 2.05) is 12.1 Å². The van der Waals surface area contributed by atoms with Crippen molar-refractivity contribution in [2.24, 2.45) is 0 Å². The smallest absolute Gasteiger partial charge is 0.341 e. The van der Waals surface area contributed by atoms with E-state index in [1.165, 1.54) is 12.5 Å². The van der Waals surface area contributed by atoms with Crippen molar-refractivity contribution in [3.8, 4) is 0 Å².